The van der Waals surface area contributed by atoms with Gasteiger partial charge in [-0.15, -0.1) is 36.2 Å². The lowest BCUT2D eigenvalue weighted by Crippen LogP contribution is -2.26. The highest BCUT2D eigenvalue weighted by Crippen LogP contribution is 2.28. The molecule has 1 amide bonds. The summed E-state index contributed by atoms with van der Waals surface area (Å²) in [7, 11) is 0. The van der Waals surface area contributed by atoms with Crippen LogP contribution in [0.1, 0.15) is 28.2 Å². The van der Waals surface area contributed by atoms with Crippen LogP contribution >= 0.6 is 36.2 Å². The molecule has 2 heterocycles. The van der Waals surface area contributed by atoms with Crippen LogP contribution in [0.25, 0.3) is 10.6 Å². The van der Waals surface area contributed by atoms with Crippen LogP contribution in [0, 0.1) is 18.7 Å². The molecule has 1 saturated heterocycles. The maximum absolute atomic E-state index is 13.0. The van der Waals surface area contributed by atoms with E-state index in [9.17, 15) is 9.18 Å². The minimum absolute atomic E-state index is 0. The number of nitrogens with zero attached hydrogens (tertiary/aromatic N) is 1. The van der Waals surface area contributed by atoms with Gasteiger partial charge in [-0.25, -0.2) is 9.37 Å². The normalized spacial score (nSPS) is 16.0. The first-order chi connectivity index (χ1) is 11.1. The number of carbonyl (C=O) groups excluding carboxylic acids is 1. The fourth-order valence-electron chi connectivity index (χ4n) is 2.75. The third kappa shape index (κ3) is 5.64. The Morgan fingerprint density at radius 2 is 2.08 bits per heavy atom. The molecule has 0 spiro atoms. The minimum Gasteiger partial charge on any atom is -0.351 e. The van der Waals surface area contributed by atoms with Gasteiger partial charge < -0.3 is 10.6 Å². The van der Waals surface area contributed by atoms with Crippen LogP contribution < -0.4 is 10.6 Å². The Morgan fingerprint density at radius 3 is 2.72 bits per heavy atom. The summed E-state index contributed by atoms with van der Waals surface area (Å²) >= 11 is 1.35. The molecule has 8 heteroatoms. The molecular formula is C17H22Cl2FN3OS. The molecule has 1 aromatic carbocycles. The molecule has 1 fully saturated rings. The Morgan fingerprint density at radius 1 is 1.36 bits per heavy atom. The van der Waals surface area contributed by atoms with Gasteiger partial charge in [0.25, 0.3) is 5.91 Å². The molecule has 138 valence electrons. The smallest absolute Gasteiger partial charge is 0.263 e. The number of nitrogens with one attached hydrogen (secondary N) is 2. The number of carbonyl (C=O) groups is 1. The summed E-state index contributed by atoms with van der Waals surface area (Å²) in [5.74, 6) is 0.313. The van der Waals surface area contributed by atoms with Crippen molar-refractivity contribution in [2.45, 2.75) is 19.8 Å². The summed E-state index contributed by atoms with van der Waals surface area (Å²) < 4.78 is 13.0. The van der Waals surface area contributed by atoms with E-state index in [-0.39, 0.29) is 36.5 Å². The van der Waals surface area contributed by atoms with E-state index in [1.165, 1.54) is 29.9 Å². The van der Waals surface area contributed by atoms with Gasteiger partial charge in [0, 0.05) is 12.1 Å². The van der Waals surface area contributed by atoms with Crippen LogP contribution in [0.5, 0.6) is 0 Å². The molecule has 1 aliphatic rings. The van der Waals surface area contributed by atoms with Crippen LogP contribution in [0.15, 0.2) is 24.3 Å². The van der Waals surface area contributed by atoms with Crippen molar-refractivity contribution in [3.05, 3.63) is 40.7 Å². The Bertz CT molecular complexity index is 688. The number of hydrogen-bond donors (Lipinski definition) is 2. The molecule has 2 aromatic rings. The van der Waals surface area contributed by atoms with E-state index in [1.54, 1.807) is 12.1 Å². The van der Waals surface area contributed by atoms with Gasteiger partial charge in [0.1, 0.15) is 15.7 Å². The van der Waals surface area contributed by atoms with Gasteiger partial charge in [-0.05, 0) is 63.0 Å². The second kappa shape index (κ2) is 10.1. The second-order valence-electron chi connectivity index (χ2n) is 5.84. The van der Waals surface area contributed by atoms with Crippen LogP contribution in [-0.4, -0.2) is 30.5 Å². The van der Waals surface area contributed by atoms with Crippen molar-refractivity contribution in [1.29, 1.82) is 0 Å². The first-order valence-corrected chi connectivity index (χ1v) is 8.67. The van der Waals surface area contributed by atoms with Gasteiger partial charge in [-0.1, -0.05) is 0 Å². The lowest BCUT2D eigenvalue weighted by Gasteiger charge is -2.08. The molecular weight excluding hydrogens is 384 g/mol. The van der Waals surface area contributed by atoms with Crippen molar-refractivity contribution < 1.29 is 9.18 Å². The highest BCUT2D eigenvalue weighted by Gasteiger charge is 2.18. The molecule has 0 saturated carbocycles. The molecule has 4 nitrogen and oxygen atoms in total. The van der Waals surface area contributed by atoms with Gasteiger partial charge >= 0.3 is 0 Å². The SMILES string of the molecule is Cc1nc(-c2ccc(F)cc2)sc1C(=O)NCCC1CCNC1.Cl.Cl. The zero-order valence-corrected chi connectivity index (χ0v) is 16.3. The van der Waals surface area contributed by atoms with E-state index in [4.69, 9.17) is 0 Å². The topological polar surface area (TPSA) is 54.0 Å². The first kappa shape index (κ1) is 21.8. The van der Waals surface area contributed by atoms with E-state index in [1.807, 2.05) is 6.92 Å². The van der Waals surface area contributed by atoms with Crippen LogP contribution in [-0.2, 0) is 0 Å². The van der Waals surface area contributed by atoms with Crippen molar-refractivity contribution in [2.24, 2.45) is 5.92 Å². The number of rotatable bonds is 5. The van der Waals surface area contributed by atoms with E-state index >= 15 is 0 Å². The maximum Gasteiger partial charge on any atom is 0.263 e. The fraction of sp³-hybridized carbons (Fsp3) is 0.412. The molecule has 1 aromatic heterocycles. The number of benzene rings is 1. The van der Waals surface area contributed by atoms with Gasteiger partial charge in [-0.2, -0.15) is 0 Å². The zero-order valence-electron chi connectivity index (χ0n) is 13.9. The highest BCUT2D eigenvalue weighted by molar-refractivity contribution is 7.17. The van der Waals surface area contributed by atoms with Crippen molar-refractivity contribution >= 4 is 42.1 Å². The molecule has 0 aliphatic carbocycles. The molecule has 3 rings (SSSR count). The molecule has 1 aliphatic heterocycles. The summed E-state index contributed by atoms with van der Waals surface area (Å²) in [5, 5.41) is 7.06. The Kier molecular flexibility index (Phi) is 8.79. The molecule has 25 heavy (non-hydrogen) atoms. The fourth-order valence-corrected chi connectivity index (χ4v) is 3.74. The summed E-state index contributed by atoms with van der Waals surface area (Å²) in [6.45, 7) is 4.64. The van der Waals surface area contributed by atoms with Crippen molar-refractivity contribution in [3.8, 4) is 10.6 Å². The highest BCUT2D eigenvalue weighted by atomic mass is 35.5. The zero-order chi connectivity index (χ0) is 16.2. The number of aryl methyl sites for hydroxylation is 1. The lowest BCUT2D eigenvalue weighted by atomic mass is 10.1. The quantitative estimate of drug-likeness (QED) is 0.794. The van der Waals surface area contributed by atoms with Crippen molar-refractivity contribution in [2.75, 3.05) is 19.6 Å². The third-order valence-electron chi connectivity index (χ3n) is 4.09. The van der Waals surface area contributed by atoms with E-state index < -0.39 is 0 Å². The summed E-state index contributed by atoms with van der Waals surface area (Å²) in [6, 6.07) is 6.17. The average Bonchev–Trinajstić information content (AvgIpc) is 3.17. The number of aromatic nitrogens is 1. The van der Waals surface area contributed by atoms with Crippen molar-refractivity contribution in [1.82, 2.24) is 15.6 Å². The summed E-state index contributed by atoms with van der Waals surface area (Å²) in [6.07, 6.45) is 2.19. The Hall–Kier alpha value is -1.21. The first-order valence-electron chi connectivity index (χ1n) is 7.86. The predicted molar refractivity (Wildman–Crippen MR) is 105 cm³/mol. The van der Waals surface area contributed by atoms with Crippen LogP contribution in [0.2, 0.25) is 0 Å². The van der Waals surface area contributed by atoms with E-state index in [0.717, 1.165) is 30.1 Å². The number of thiazole rings is 1. The molecule has 1 atom stereocenters. The van der Waals surface area contributed by atoms with Crippen molar-refractivity contribution in [3.63, 3.8) is 0 Å². The van der Waals surface area contributed by atoms with Gasteiger partial charge in [0.15, 0.2) is 0 Å². The minimum atomic E-state index is -0.276. The monoisotopic (exact) mass is 405 g/mol. The molecule has 1 unspecified atom stereocenters. The Labute approximate surface area is 163 Å². The predicted octanol–water partition coefficient (Wildman–Crippen LogP) is 3.83. The van der Waals surface area contributed by atoms with E-state index in [0.29, 0.717) is 23.0 Å². The molecule has 0 radical (unpaired) electrons. The van der Waals surface area contributed by atoms with Gasteiger partial charge in [0.2, 0.25) is 0 Å². The number of hydrogen-bond acceptors (Lipinski definition) is 4. The van der Waals surface area contributed by atoms with Gasteiger partial charge in [0.05, 0.1) is 5.69 Å². The number of halogens is 3. The van der Waals surface area contributed by atoms with Gasteiger partial charge in [-0.3, -0.25) is 4.79 Å². The Balaban J connectivity index is 0.00000156. The second-order valence-corrected chi connectivity index (χ2v) is 6.84. The maximum atomic E-state index is 13.0. The molecule has 2 N–H and O–H groups in total. The van der Waals surface area contributed by atoms with Crippen LogP contribution in [0.4, 0.5) is 4.39 Å². The summed E-state index contributed by atoms with van der Waals surface area (Å²) in [4.78, 5) is 17.4. The largest absolute Gasteiger partial charge is 0.351 e. The molecule has 0 bridgehead atoms. The van der Waals surface area contributed by atoms with Crippen LogP contribution in [0.3, 0.4) is 0 Å². The summed E-state index contributed by atoms with van der Waals surface area (Å²) in [5.41, 5.74) is 1.55. The standard InChI is InChI=1S/C17H20FN3OS.2ClH/c1-11-15(16(22)20-9-7-12-6-8-19-10-12)23-17(21-11)13-2-4-14(18)5-3-13;;/h2-5,12,19H,6-10H2,1H3,(H,20,22);2*1H. The third-order valence-corrected chi connectivity index (χ3v) is 5.30. The number of amides is 1. The van der Waals surface area contributed by atoms with E-state index in [2.05, 4.69) is 15.6 Å². The lowest BCUT2D eigenvalue weighted by molar-refractivity contribution is 0.0955. The average molecular weight is 406 g/mol.